The molecule has 1 rings (SSSR count). The Kier molecular flexibility index (Phi) is 13.2. The summed E-state index contributed by atoms with van der Waals surface area (Å²) in [5.41, 5.74) is 1.08. The summed E-state index contributed by atoms with van der Waals surface area (Å²) in [5, 5.41) is 11.0. The van der Waals surface area contributed by atoms with E-state index in [2.05, 4.69) is 41.5 Å². The van der Waals surface area contributed by atoms with Crippen molar-refractivity contribution in [1.82, 2.24) is 0 Å². The fourth-order valence-electron chi connectivity index (χ4n) is 4.23. The number of phenolic OH excluding ortho intramolecular Hbond substituents is 1. The Morgan fingerprint density at radius 1 is 0.771 bits per heavy atom. The van der Waals surface area contributed by atoms with Crippen molar-refractivity contribution in [3.8, 4) is 11.5 Å². The van der Waals surface area contributed by atoms with Gasteiger partial charge in [0.15, 0.2) is 0 Å². The van der Waals surface area contributed by atoms with Crippen LogP contribution in [0.25, 0.3) is 0 Å². The minimum absolute atomic E-state index is 0.157. The third-order valence-corrected chi connectivity index (χ3v) is 6.66. The third kappa shape index (κ3) is 10.5. The van der Waals surface area contributed by atoms with Crippen LogP contribution in [-0.4, -0.2) is 37.4 Å². The highest BCUT2D eigenvalue weighted by Crippen LogP contribution is 2.44. The minimum Gasteiger partial charge on any atom is -0.508 e. The molecule has 6 heteroatoms. The molecule has 0 saturated carbocycles. The molecule has 0 aliphatic rings. The van der Waals surface area contributed by atoms with Crippen molar-refractivity contribution < 1.29 is 28.9 Å². The number of methoxy groups -OCH3 is 1. The molecule has 0 heterocycles. The average molecular weight is 493 g/mol. The predicted octanol–water partition coefficient (Wildman–Crippen LogP) is 6.98. The largest absolute Gasteiger partial charge is 0.508 e. The van der Waals surface area contributed by atoms with E-state index in [0.29, 0.717) is 38.9 Å². The molecule has 1 aromatic carbocycles. The maximum absolute atomic E-state index is 12.0. The van der Waals surface area contributed by atoms with Gasteiger partial charge in [0, 0.05) is 24.0 Å². The lowest BCUT2D eigenvalue weighted by Crippen LogP contribution is -2.22. The maximum atomic E-state index is 12.0. The van der Waals surface area contributed by atoms with Crippen LogP contribution in [0.15, 0.2) is 12.1 Å². The molecule has 0 radical (unpaired) electrons. The van der Waals surface area contributed by atoms with Gasteiger partial charge in [0.2, 0.25) is 0 Å². The van der Waals surface area contributed by atoms with Gasteiger partial charge in [0.25, 0.3) is 0 Å². The van der Waals surface area contributed by atoms with Crippen LogP contribution in [0, 0.1) is 0 Å². The number of benzene rings is 1. The minimum atomic E-state index is -0.341. The molecule has 0 amide bonds. The van der Waals surface area contributed by atoms with Crippen LogP contribution >= 0.6 is 0 Å². The van der Waals surface area contributed by atoms with Crippen LogP contribution in [0.5, 0.6) is 11.5 Å². The summed E-state index contributed by atoms with van der Waals surface area (Å²) in [6.45, 7) is 13.4. The van der Waals surface area contributed by atoms with E-state index >= 15 is 0 Å². The molecule has 0 bridgehead atoms. The zero-order valence-corrected chi connectivity index (χ0v) is 23.1. The molecule has 0 fully saturated rings. The Balaban J connectivity index is 2.83. The third-order valence-electron chi connectivity index (χ3n) is 6.66. The molecule has 35 heavy (non-hydrogen) atoms. The van der Waals surface area contributed by atoms with Gasteiger partial charge in [-0.1, -0.05) is 54.4 Å². The van der Waals surface area contributed by atoms with Gasteiger partial charge >= 0.3 is 11.9 Å². The molecule has 1 N–H and O–H groups in total. The van der Waals surface area contributed by atoms with E-state index in [1.807, 2.05) is 6.07 Å². The second kappa shape index (κ2) is 15.0. The molecule has 0 saturated heterocycles. The molecule has 0 unspecified atom stereocenters. The Morgan fingerprint density at radius 3 is 1.66 bits per heavy atom. The van der Waals surface area contributed by atoms with Crippen molar-refractivity contribution in [1.29, 1.82) is 0 Å². The van der Waals surface area contributed by atoms with Crippen molar-refractivity contribution in [3.05, 3.63) is 23.3 Å². The van der Waals surface area contributed by atoms with Crippen LogP contribution in [-0.2, 0) is 29.9 Å². The maximum Gasteiger partial charge on any atom is 0.305 e. The van der Waals surface area contributed by atoms with E-state index in [0.717, 1.165) is 55.4 Å². The Hall–Kier alpha value is -2.24. The molecule has 0 aromatic heterocycles. The number of hydrogen-bond donors (Lipinski definition) is 1. The highest BCUT2D eigenvalue weighted by Gasteiger charge is 2.30. The molecule has 0 aliphatic heterocycles. The van der Waals surface area contributed by atoms with Crippen molar-refractivity contribution in [2.75, 3.05) is 20.3 Å². The van der Waals surface area contributed by atoms with E-state index in [1.54, 1.807) is 13.2 Å². The Morgan fingerprint density at radius 2 is 1.23 bits per heavy atom. The fourth-order valence-corrected chi connectivity index (χ4v) is 4.23. The zero-order valence-electron chi connectivity index (χ0n) is 23.1. The van der Waals surface area contributed by atoms with Crippen LogP contribution < -0.4 is 4.74 Å². The van der Waals surface area contributed by atoms with E-state index in [1.165, 1.54) is 0 Å². The molecule has 0 atom stereocenters. The monoisotopic (exact) mass is 492 g/mol. The number of aromatic hydroxyl groups is 1. The number of carbonyl (C=O) groups excluding carboxylic acids is 2. The van der Waals surface area contributed by atoms with Crippen LogP contribution in [0.3, 0.4) is 0 Å². The quantitative estimate of drug-likeness (QED) is 0.186. The summed E-state index contributed by atoms with van der Waals surface area (Å²) in [5.74, 6) is 0.626. The molecule has 1 aromatic rings. The highest BCUT2D eigenvalue weighted by molar-refractivity contribution is 5.69. The lowest BCUT2D eigenvalue weighted by molar-refractivity contribution is -0.144. The van der Waals surface area contributed by atoms with E-state index in [9.17, 15) is 14.7 Å². The van der Waals surface area contributed by atoms with Crippen molar-refractivity contribution in [2.45, 2.75) is 117 Å². The second-order valence-electron chi connectivity index (χ2n) is 10.7. The number of unbranched alkanes of at least 4 members (excludes halogenated alkanes) is 2. The summed E-state index contributed by atoms with van der Waals surface area (Å²) in [6.07, 6.45) is 7.40. The first-order valence-electron chi connectivity index (χ1n) is 13.2. The number of ether oxygens (including phenoxy) is 3. The first-order chi connectivity index (χ1) is 16.5. The number of hydrogen-bond acceptors (Lipinski definition) is 6. The molecular formula is C29H48O6. The number of rotatable bonds is 17. The zero-order chi connectivity index (χ0) is 26.5. The molecular weight excluding hydrogens is 444 g/mol. The summed E-state index contributed by atoms with van der Waals surface area (Å²) < 4.78 is 16.2. The van der Waals surface area contributed by atoms with E-state index in [-0.39, 0.29) is 28.5 Å². The SMILES string of the molecule is CCCCOC(=O)CCCC(C)(C)c1cc(OC)c(C(C)(C)CCCC(=O)OCCCC)cc1O. The lowest BCUT2D eigenvalue weighted by atomic mass is 9.75. The fraction of sp³-hybridized carbons (Fsp3) is 0.724. The topological polar surface area (TPSA) is 82.1 Å². The predicted molar refractivity (Wildman–Crippen MR) is 140 cm³/mol. The molecule has 0 aliphatic carbocycles. The van der Waals surface area contributed by atoms with Gasteiger partial charge < -0.3 is 19.3 Å². The van der Waals surface area contributed by atoms with Crippen molar-refractivity contribution in [3.63, 3.8) is 0 Å². The first kappa shape index (κ1) is 30.8. The van der Waals surface area contributed by atoms with Gasteiger partial charge in [0.1, 0.15) is 11.5 Å². The number of phenols is 1. The highest BCUT2D eigenvalue weighted by atomic mass is 16.5. The molecule has 0 spiro atoms. The standard InChI is InChI=1S/C29H48O6/c1-8-10-18-34-26(31)14-12-16-28(3,4)22-21-25(33-7)23(20-24(22)30)29(5,6)17-13-15-27(32)35-19-11-9-2/h20-21,30H,8-19H2,1-7H3. The van der Waals surface area contributed by atoms with Crippen LogP contribution in [0.4, 0.5) is 0 Å². The first-order valence-corrected chi connectivity index (χ1v) is 13.2. The van der Waals surface area contributed by atoms with E-state index < -0.39 is 0 Å². The Labute approximate surface area is 212 Å². The van der Waals surface area contributed by atoms with Crippen LogP contribution in [0.1, 0.15) is 117 Å². The summed E-state index contributed by atoms with van der Waals surface area (Å²) in [6, 6.07) is 3.72. The summed E-state index contributed by atoms with van der Waals surface area (Å²) in [7, 11) is 1.64. The smallest absolute Gasteiger partial charge is 0.305 e. The summed E-state index contributed by atoms with van der Waals surface area (Å²) >= 11 is 0. The average Bonchev–Trinajstić information content (AvgIpc) is 2.79. The molecule has 6 nitrogen and oxygen atoms in total. The van der Waals surface area contributed by atoms with Crippen molar-refractivity contribution in [2.24, 2.45) is 0 Å². The van der Waals surface area contributed by atoms with Gasteiger partial charge in [-0.15, -0.1) is 0 Å². The Bertz CT molecular complexity index is 797. The molecule has 200 valence electrons. The normalized spacial score (nSPS) is 11.9. The van der Waals surface area contributed by atoms with Gasteiger partial charge in [-0.3, -0.25) is 9.59 Å². The van der Waals surface area contributed by atoms with Gasteiger partial charge in [0.05, 0.1) is 20.3 Å². The van der Waals surface area contributed by atoms with Gasteiger partial charge in [-0.05, 0) is 61.5 Å². The van der Waals surface area contributed by atoms with E-state index in [4.69, 9.17) is 14.2 Å². The van der Waals surface area contributed by atoms with Crippen molar-refractivity contribution >= 4 is 11.9 Å². The number of carbonyl (C=O) groups is 2. The second-order valence-corrected chi connectivity index (χ2v) is 10.7. The van der Waals surface area contributed by atoms with Crippen LogP contribution in [0.2, 0.25) is 0 Å². The van der Waals surface area contributed by atoms with Gasteiger partial charge in [-0.25, -0.2) is 0 Å². The van der Waals surface area contributed by atoms with Gasteiger partial charge in [-0.2, -0.15) is 0 Å². The number of esters is 2. The lowest BCUT2D eigenvalue weighted by Gasteiger charge is -2.31. The summed E-state index contributed by atoms with van der Waals surface area (Å²) in [4.78, 5) is 23.9.